The Morgan fingerprint density at radius 3 is 2.82 bits per heavy atom. The van der Waals surface area contributed by atoms with E-state index in [1.165, 1.54) is 6.07 Å². The molecule has 0 unspecified atom stereocenters. The van der Waals surface area contributed by atoms with Crippen LogP contribution in [-0.4, -0.2) is 16.9 Å². The van der Waals surface area contributed by atoms with Crippen molar-refractivity contribution in [3.8, 4) is 0 Å². The van der Waals surface area contributed by atoms with Gasteiger partial charge in [0.1, 0.15) is 0 Å². The predicted octanol–water partition coefficient (Wildman–Crippen LogP) is 1.41. The molecule has 0 spiro atoms. The first-order valence-corrected chi connectivity index (χ1v) is 4.96. The number of benzene rings is 1. The fourth-order valence-corrected chi connectivity index (χ4v) is 1.19. The van der Waals surface area contributed by atoms with Crippen LogP contribution < -0.4 is 11.1 Å². The molecule has 1 aromatic rings. The lowest BCUT2D eigenvalue weighted by Crippen LogP contribution is -2.35. The lowest BCUT2D eigenvalue weighted by Gasteiger charge is -2.10. The number of anilines is 1. The molecule has 0 saturated heterocycles. The summed E-state index contributed by atoms with van der Waals surface area (Å²) < 4.78 is 13.4. The highest BCUT2D eigenvalue weighted by Gasteiger charge is 2.21. The van der Waals surface area contributed by atoms with Crippen molar-refractivity contribution in [2.45, 2.75) is 19.4 Å². The molecule has 0 bridgehead atoms. The number of nitrogens with two attached hydrogens (primary N) is 1. The van der Waals surface area contributed by atoms with E-state index in [2.05, 4.69) is 5.32 Å². The number of carbonyl (C=O) groups excluding carboxylic acids is 1. The zero-order valence-corrected chi connectivity index (χ0v) is 9.14. The molecular weight excluding hydrogens is 229 g/mol. The smallest absolute Gasteiger partial charge is 0.295 e. The van der Waals surface area contributed by atoms with Crippen LogP contribution in [0.25, 0.3) is 0 Å². The molecule has 0 heterocycles. The Morgan fingerprint density at radius 1 is 1.65 bits per heavy atom. The van der Waals surface area contributed by atoms with Gasteiger partial charge in [-0.3, -0.25) is 14.9 Å². The number of nitro benzene ring substituents is 1. The fourth-order valence-electron chi connectivity index (χ4n) is 1.19. The number of amides is 1. The van der Waals surface area contributed by atoms with E-state index in [1.54, 1.807) is 6.92 Å². The van der Waals surface area contributed by atoms with Gasteiger partial charge in [0.05, 0.1) is 11.0 Å². The third-order valence-electron chi connectivity index (χ3n) is 2.21. The Morgan fingerprint density at radius 2 is 2.29 bits per heavy atom. The molecule has 17 heavy (non-hydrogen) atoms. The summed E-state index contributed by atoms with van der Waals surface area (Å²) in [5.41, 5.74) is 4.49. The van der Waals surface area contributed by atoms with E-state index in [-0.39, 0.29) is 0 Å². The Balaban J connectivity index is 3.05. The molecule has 0 aliphatic carbocycles. The van der Waals surface area contributed by atoms with Crippen molar-refractivity contribution in [1.29, 1.82) is 0 Å². The van der Waals surface area contributed by atoms with Crippen LogP contribution in [0, 0.1) is 15.9 Å². The van der Waals surface area contributed by atoms with Crippen molar-refractivity contribution in [3.63, 3.8) is 0 Å². The summed E-state index contributed by atoms with van der Waals surface area (Å²) >= 11 is 0. The molecule has 0 aliphatic rings. The molecule has 0 saturated carbocycles. The average molecular weight is 241 g/mol. The van der Waals surface area contributed by atoms with Gasteiger partial charge in [-0.2, -0.15) is 0 Å². The number of nitro groups is 1. The number of nitrogens with zero attached hydrogens (tertiary/aromatic N) is 1. The van der Waals surface area contributed by atoms with Crippen molar-refractivity contribution in [2.24, 2.45) is 5.73 Å². The quantitative estimate of drug-likeness (QED) is 0.615. The predicted molar refractivity (Wildman–Crippen MR) is 60.0 cm³/mol. The first kappa shape index (κ1) is 13.0. The molecule has 92 valence electrons. The molecule has 3 N–H and O–H groups in total. The number of nitrogens with one attached hydrogen (secondary N) is 1. The van der Waals surface area contributed by atoms with Crippen LogP contribution in [-0.2, 0) is 4.79 Å². The third kappa shape index (κ3) is 2.97. The Labute approximate surface area is 96.8 Å². The minimum absolute atomic E-state index is 0.355. The molecule has 0 aromatic heterocycles. The van der Waals surface area contributed by atoms with Gasteiger partial charge in [0.15, 0.2) is 11.5 Å². The summed E-state index contributed by atoms with van der Waals surface area (Å²) in [5, 5.41) is 12.8. The van der Waals surface area contributed by atoms with Gasteiger partial charge >= 0.3 is 0 Å². The molecule has 7 heteroatoms. The normalized spacial score (nSPS) is 11.9. The van der Waals surface area contributed by atoms with Gasteiger partial charge in [0.2, 0.25) is 5.91 Å². The molecule has 1 atom stereocenters. The highest BCUT2D eigenvalue weighted by Crippen LogP contribution is 2.26. The summed E-state index contributed by atoms with van der Waals surface area (Å²) in [6, 6.07) is 2.51. The third-order valence-corrected chi connectivity index (χ3v) is 2.21. The van der Waals surface area contributed by atoms with Gasteiger partial charge in [0.25, 0.3) is 5.69 Å². The van der Waals surface area contributed by atoms with Gasteiger partial charge < -0.3 is 11.1 Å². The van der Waals surface area contributed by atoms with Crippen LogP contribution in [0.4, 0.5) is 15.8 Å². The molecule has 6 nitrogen and oxygen atoms in total. The van der Waals surface area contributed by atoms with Crippen molar-refractivity contribution in [1.82, 2.24) is 0 Å². The van der Waals surface area contributed by atoms with E-state index in [0.717, 1.165) is 12.1 Å². The lowest BCUT2D eigenvalue weighted by atomic mass is 10.2. The summed E-state index contributed by atoms with van der Waals surface area (Å²) in [6.45, 7) is 1.68. The van der Waals surface area contributed by atoms with Crippen molar-refractivity contribution in [3.05, 3.63) is 34.1 Å². The monoisotopic (exact) mass is 241 g/mol. The summed E-state index contributed by atoms with van der Waals surface area (Å²) in [5.74, 6) is -1.52. The van der Waals surface area contributed by atoms with Gasteiger partial charge in [-0.15, -0.1) is 0 Å². The van der Waals surface area contributed by atoms with E-state index in [4.69, 9.17) is 5.73 Å². The van der Waals surface area contributed by atoms with Crippen LogP contribution >= 0.6 is 0 Å². The summed E-state index contributed by atoms with van der Waals surface area (Å²) in [6.07, 6.45) is 0.355. The van der Waals surface area contributed by atoms with E-state index < -0.39 is 34.1 Å². The topological polar surface area (TPSA) is 98.3 Å². The molecule has 0 radical (unpaired) electrons. The maximum atomic E-state index is 13.4. The van der Waals surface area contributed by atoms with Gasteiger partial charge in [-0.25, -0.2) is 4.39 Å². The number of hydrogen-bond acceptors (Lipinski definition) is 4. The first-order chi connectivity index (χ1) is 7.97. The Kier molecular flexibility index (Phi) is 4.11. The minimum Gasteiger partial charge on any atom is -0.320 e. The highest BCUT2D eigenvalue weighted by atomic mass is 19.1. The zero-order chi connectivity index (χ0) is 13.0. The van der Waals surface area contributed by atoms with Gasteiger partial charge in [-0.05, 0) is 12.5 Å². The maximum absolute atomic E-state index is 13.4. The standard InChI is InChI=1S/C10H12FN3O3/c1-2-7(12)10(15)13-9-6(11)4-3-5-8(9)14(16)17/h3-5,7H,2,12H2,1H3,(H,13,15)/t7-/m0/s1. The van der Waals surface area contributed by atoms with Crippen LogP contribution in [0.1, 0.15) is 13.3 Å². The molecule has 0 aliphatic heterocycles. The van der Waals surface area contributed by atoms with E-state index in [1.807, 2.05) is 0 Å². The molecule has 1 rings (SSSR count). The second kappa shape index (κ2) is 5.35. The van der Waals surface area contributed by atoms with Crippen molar-refractivity contribution < 1.29 is 14.1 Å². The Bertz CT molecular complexity index is 450. The zero-order valence-electron chi connectivity index (χ0n) is 9.14. The second-order valence-corrected chi connectivity index (χ2v) is 3.40. The van der Waals surface area contributed by atoms with Crippen LogP contribution in [0.3, 0.4) is 0 Å². The SMILES string of the molecule is CC[C@H](N)C(=O)Nc1c(F)cccc1[N+](=O)[O-]. The minimum atomic E-state index is -0.865. The molecule has 1 amide bonds. The van der Waals surface area contributed by atoms with Gasteiger partial charge in [0, 0.05) is 6.07 Å². The number of para-hydroxylation sites is 1. The highest BCUT2D eigenvalue weighted by molar-refractivity contribution is 5.96. The van der Waals surface area contributed by atoms with Crippen LogP contribution in [0.2, 0.25) is 0 Å². The van der Waals surface area contributed by atoms with Crippen molar-refractivity contribution >= 4 is 17.3 Å². The van der Waals surface area contributed by atoms with Crippen LogP contribution in [0.15, 0.2) is 18.2 Å². The molecule has 0 fully saturated rings. The molecule has 1 aromatic carbocycles. The number of hydrogen-bond donors (Lipinski definition) is 2. The summed E-state index contributed by atoms with van der Waals surface area (Å²) in [4.78, 5) is 21.3. The van der Waals surface area contributed by atoms with E-state index in [9.17, 15) is 19.3 Å². The number of rotatable bonds is 4. The fraction of sp³-hybridized carbons (Fsp3) is 0.300. The largest absolute Gasteiger partial charge is 0.320 e. The Hall–Kier alpha value is -2.02. The maximum Gasteiger partial charge on any atom is 0.295 e. The van der Waals surface area contributed by atoms with E-state index >= 15 is 0 Å². The second-order valence-electron chi connectivity index (χ2n) is 3.40. The first-order valence-electron chi connectivity index (χ1n) is 4.96. The molecular formula is C10H12FN3O3. The number of halogens is 1. The van der Waals surface area contributed by atoms with Gasteiger partial charge in [-0.1, -0.05) is 13.0 Å². The lowest BCUT2D eigenvalue weighted by molar-refractivity contribution is -0.384. The van der Waals surface area contributed by atoms with Crippen LogP contribution in [0.5, 0.6) is 0 Å². The van der Waals surface area contributed by atoms with Crippen molar-refractivity contribution in [2.75, 3.05) is 5.32 Å². The summed E-state index contributed by atoms with van der Waals surface area (Å²) in [7, 11) is 0. The average Bonchev–Trinajstić information content (AvgIpc) is 2.30. The number of carbonyl (C=O) groups is 1. The van der Waals surface area contributed by atoms with E-state index in [0.29, 0.717) is 6.42 Å².